The number of carbonyl (C=O) groups excluding carboxylic acids is 1. The predicted molar refractivity (Wildman–Crippen MR) is 83.6 cm³/mol. The number of rotatable bonds is 4. The maximum atomic E-state index is 12.0. The summed E-state index contributed by atoms with van der Waals surface area (Å²) in [6.07, 6.45) is 3.17. The Labute approximate surface area is 129 Å². The van der Waals surface area contributed by atoms with E-state index in [9.17, 15) is 4.79 Å². The van der Waals surface area contributed by atoms with Crippen LogP contribution in [0, 0.1) is 0 Å². The molecule has 116 valence electrons. The van der Waals surface area contributed by atoms with E-state index in [0.717, 1.165) is 29.9 Å². The van der Waals surface area contributed by atoms with Crippen LogP contribution in [0.1, 0.15) is 38.4 Å². The minimum Gasteiger partial charge on any atom is -0.441 e. The summed E-state index contributed by atoms with van der Waals surface area (Å²) in [5.74, 6) is 1.70. The molecule has 1 fully saturated rings. The molecule has 22 heavy (non-hydrogen) atoms. The molecule has 0 aliphatic carbocycles. The van der Waals surface area contributed by atoms with E-state index in [2.05, 4.69) is 24.1 Å². The Morgan fingerprint density at radius 1 is 1.32 bits per heavy atom. The highest BCUT2D eigenvalue weighted by molar-refractivity contribution is 5.94. The van der Waals surface area contributed by atoms with Crippen molar-refractivity contribution in [3.63, 3.8) is 0 Å². The highest BCUT2D eigenvalue weighted by Crippen LogP contribution is 2.24. The number of ether oxygens (including phenoxy) is 1. The van der Waals surface area contributed by atoms with Crippen molar-refractivity contribution in [2.24, 2.45) is 0 Å². The number of anilines is 1. The molecule has 0 spiro atoms. The Bertz CT molecular complexity index is 640. The van der Waals surface area contributed by atoms with Crippen molar-refractivity contribution < 1.29 is 13.9 Å². The number of aromatic nitrogens is 1. The van der Waals surface area contributed by atoms with Crippen molar-refractivity contribution >= 4 is 11.6 Å². The number of oxazole rings is 1. The van der Waals surface area contributed by atoms with E-state index in [0.29, 0.717) is 18.4 Å². The van der Waals surface area contributed by atoms with Crippen LogP contribution in [-0.2, 0) is 9.53 Å². The predicted octanol–water partition coefficient (Wildman–Crippen LogP) is 3.58. The number of carbonyl (C=O) groups is 1. The Morgan fingerprint density at radius 3 is 2.68 bits per heavy atom. The van der Waals surface area contributed by atoms with Crippen LogP contribution in [0.25, 0.3) is 11.5 Å². The Balaban J connectivity index is 1.67. The van der Waals surface area contributed by atoms with Crippen molar-refractivity contribution in [3.05, 3.63) is 36.2 Å². The van der Waals surface area contributed by atoms with E-state index in [-0.39, 0.29) is 12.0 Å². The second-order valence-electron chi connectivity index (χ2n) is 5.79. The lowest BCUT2D eigenvalue weighted by Gasteiger charge is -2.10. The first-order chi connectivity index (χ1) is 10.6. The van der Waals surface area contributed by atoms with E-state index in [4.69, 9.17) is 9.15 Å². The van der Waals surface area contributed by atoms with Crippen LogP contribution in [-0.4, -0.2) is 23.6 Å². The van der Waals surface area contributed by atoms with Gasteiger partial charge < -0.3 is 14.5 Å². The lowest BCUT2D eigenvalue weighted by atomic mass is 10.2. The van der Waals surface area contributed by atoms with Gasteiger partial charge in [0, 0.05) is 23.8 Å². The summed E-state index contributed by atoms with van der Waals surface area (Å²) in [4.78, 5) is 16.3. The quantitative estimate of drug-likeness (QED) is 0.937. The molecule has 5 nitrogen and oxygen atoms in total. The largest absolute Gasteiger partial charge is 0.441 e. The Hall–Kier alpha value is -2.14. The molecule has 1 aliphatic heterocycles. The fourth-order valence-corrected chi connectivity index (χ4v) is 2.39. The van der Waals surface area contributed by atoms with Gasteiger partial charge in [-0.2, -0.15) is 0 Å². The van der Waals surface area contributed by atoms with E-state index in [1.54, 1.807) is 6.20 Å². The average molecular weight is 300 g/mol. The minimum absolute atomic E-state index is 0.0801. The van der Waals surface area contributed by atoms with Crippen molar-refractivity contribution in [2.75, 3.05) is 11.9 Å². The molecule has 1 saturated heterocycles. The molecule has 1 aromatic heterocycles. The zero-order valence-electron chi connectivity index (χ0n) is 12.8. The van der Waals surface area contributed by atoms with Crippen LogP contribution >= 0.6 is 0 Å². The number of nitrogens with one attached hydrogen (secondary N) is 1. The molecule has 0 saturated carbocycles. The van der Waals surface area contributed by atoms with Crippen LogP contribution in [0.4, 0.5) is 5.69 Å². The van der Waals surface area contributed by atoms with Crippen molar-refractivity contribution in [2.45, 2.75) is 38.7 Å². The molecule has 1 amide bonds. The lowest BCUT2D eigenvalue weighted by molar-refractivity contribution is -0.124. The van der Waals surface area contributed by atoms with Crippen molar-refractivity contribution in [1.82, 2.24) is 4.98 Å². The number of hydrogen-bond acceptors (Lipinski definition) is 4. The maximum Gasteiger partial charge on any atom is 0.253 e. The minimum atomic E-state index is -0.319. The van der Waals surface area contributed by atoms with Crippen LogP contribution < -0.4 is 5.32 Å². The fraction of sp³-hybridized carbons (Fsp3) is 0.412. The summed E-state index contributed by atoms with van der Waals surface area (Å²) in [7, 11) is 0. The van der Waals surface area contributed by atoms with E-state index in [1.165, 1.54) is 0 Å². The lowest BCUT2D eigenvalue weighted by Crippen LogP contribution is -2.26. The molecule has 1 aliphatic rings. The van der Waals surface area contributed by atoms with E-state index < -0.39 is 0 Å². The highest BCUT2D eigenvalue weighted by Gasteiger charge is 2.23. The average Bonchev–Trinajstić information content (AvgIpc) is 3.20. The molecule has 1 unspecified atom stereocenters. The van der Waals surface area contributed by atoms with Crippen LogP contribution in [0.2, 0.25) is 0 Å². The number of nitrogens with zero attached hydrogens (tertiary/aromatic N) is 1. The van der Waals surface area contributed by atoms with E-state index >= 15 is 0 Å². The molecule has 2 heterocycles. The fourth-order valence-electron chi connectivity index (χ4n) is 2.39. The summed E-state index contributed by atoms with van der Waals surface area (Å²) < 4.78 is 11.1. The summed E-state index contributed by atoms with van der Waals surface area (Å²) in [6.45, 7) is 4.79. The van der Waals surface area contributed by atoms with Gasteiger partial charge in [-0.1, -0.05) is 13.8 Å². The molecule has 3 rings (SSSR count). The maximum absolute atomic E-state index is 12.0. The Morgan fingerprint density at radius 2 is 2.09 bits per heavy atom. The SMILES string of the molecule is CC(C)c1cnc(-c2ccc(NC(=O)C3CCCO3)cc2)o1. The highest BCUT2D eigenvalue weighted by atomic mass is 16.5. The third-order valence-corrected chi connectivity index (χ3v) is 3.71. The molecule has 1 N–H and O–H groups in total. The van der Waals surface area contributed by atoms with Gasteiger partial charge in [-0.25, -0.2) is 4.98 Å². The first-order valence-corrected chi connectivity index (χ1v) is 7.62. The third kappa shape index (κ3) is 3.20. The molecule has 5 heteroatoms. The molecule has 2 aromatic rings. The zero-order chi connectivity index (χ0) is 15.5. The third-order valence-electron chi connectivity index (χ3n) is 3.71. The van der Waals surface area contributed by atoms with Gasteiger partial charge in [0.25, 0.3) is 5.91 Å². The van der Waals surface area contributed by atoms with Crippen LogP contribution in [0.5, 0.6) is 0 Å². The molecular weight excluding hydrogens is 280 g/mol. The van der Waals surface area contributed by atoms with Gasteiger partial charge in [-0.05, 0) is 37.1 Å². The molecule has 0 bridgehead atoms. The first kappa shape index (κ1) is 14.8. The van der Waals surface area contributed by atoms with Gasteiger partial charge in [0.15, 0.2) is 0 Å². The first-order valence-electron chi connectivity index (χ1n) is 7.62. The number of amides is 1. The Kier molecular flexibility index (Phi) is 4.24. The summed E-state index contributed by atoms with van der Waals surface area (Å²) in [5.41, 5.74) is 1.64. The molecule has 1 aromatic carbocycles. The summed E-state index contributed by atoms with van der Waals surface area (Å²) >= 11 is 0. The zero-order valence-corrected chi connectivity index (χ0v) is 12.8. The van der Waals surface area contributed by atoms with Crippen molar-refractivity contribution in [1.29, 1.82) is 0 Å². The molecule has 0 radical (unpaired) electrons. The number of hydrogen-bond donors (Lipinski definition) is 1. The smallest absolute Gasteiger partial charge is 0.253 e. The second kappa shape index (κ2) is 6.32. The van der Waals surface area contributed by atoms with Gasteiger partial charge in [-0.3, -0.25) is 4.79 Å². The van der Waals surface area contributed by atoms with E-state index in [1.807, 2.05) is 24.3 Å². The summed E-state index contributed by atoms with van der Waals surface area (Å²) in [5, 5.41) is 2.87. The molecular formula is C17H20N2O3. The monoisotopic (exact) mass is 300 g/mol. The molecule has 1 atom stereocenters. The van der Waals surface area contributed by atoms with Crippen molar-refractivity contribution in [3.8, 4) is 11.5 Å². The second-order valence-corrected chi connectivity index (χ2v) is 5.79. The normalized spacial score (nSPS) is 17.9. The van der Waals surface area contributed by atoms with Gasteiger partial charge >= 0.3 is 0 Å². The standard InChI is InChI=1S/C17H20N2O3/c1-11(2)15-10-18-17(22-15)12-5-7-13(8-6-12)19-16(20)14-4-3-9-21-14/h5-8,10-11,14H,3-4,9H2,1-2H3,(H,19,20). The number of benzene rings is 1. The van der Waals surface area contributed by atoms with Gasteiger partial charge in [0.2, 0.25) is 5.89 Å². The van der Waals surface area contributed by atoms with Gasteiger partial charge in [0.1, 0.15) is 11.9 Å². The van der Waals surface area contributed by atoms with Crippen LogP contribution in [0.15, 0.2) is 34.9 Å². The van der Waals surface area contributed by atoms with Gasteiger partial charge in [-0.15, -0.1) is 0 Å². The van der Waals surface area contributed by atoms with Gasteiger partial charge in [0.05, 0.1) is 6.20 Å². The summed E-state index contributed by atoms with van der Waals surface area (Å²) in [6, 6.07) is 7.48. The topological polar surface area (TPSA) is 64.4 Å². The van der Waals surface area contributed by atoms with Crippen LogP contribution in [0.3, 0.4) is 0 Å².